The summed E-state index contributed by atoms with van der Waals surface area (Å²) in [4.78, 5) is 17.9. The van der Waals surface area contributed by atoms with E-state index < -0.39 is 0 Å². The highest BCUT2D eigenvalue weighted by Gasteiger charge is 2.07. The van der Waals surface area contributed by atoms with Crippen molar-refractivity contribution in [1.82, 2.24) is 16.0 Å². The summed E-state index contributed by atoms with van der Waals surface area (Å²) in [5.74, 6) is 1.34. The Hall–Kier alpha value is -3.06. The van der Waals surface area contributed by atoms with Gasteiger partial charge in [0.05, 0.1) is 12.8 Å². The molecule has 7 heteroatoms. The van der Waals surface area contributed by atoms with Crippen LogP contribution in [0.25, 0.3) is 0 Å². The average Bonchev–Trinajstić information content (AvgIpc) is 3.43. The fourth-order valence-corrected chi connectivity index (χ4v) is 3.38. The summed E-state index contributed by atoms with van der Waals surface area (Å²) in [6.07, 6.45) is 2.55. The SMILES string of the molecule is CN=C(NCCc1cccs1)NCc1cccc(C(=O)NCc2ccco2)c1. The molecule has 0 unspecified atom stereocenters. The molecule has 0 atom stereocenters. The van der Waals surface area contributed by atoms with Crippen molar-refractivity contribution in [2.24, 2.45) is 4.99 Å². The van der Waals surface area contributed by atoms with Crippen LogP contribution >= 0.6 is 11.3 Å². The van der Waals surface area contributed by atoms with Crippen molar-refractivity contribution < 1.29 is 9.21 Å². The van der Waals surface area contributed by atoms with Crippen molar-refractivity contribution in [3.05, 3.63) is 81.9 Å². The van der Waals surface area contributed by atoms with Gasteiger partial charge in [0.1, 0.15) is 5.76 Å². The first-order chi connectivity index (χ1) is 13.7. The minimum Gasteiger partial charge on any atom is -0.467 e. The van der Waals surface area contributed by atoms with Gasteiger partial charge in [-0.15, -0.1) is 11.3 Å². The topological polar surface area (TPSA) is 78.7 Å². The van der Waals surface area contributed by atoms with Gasteiger partial charge in [-0.1, -0.05) is 18.2 Å². The summed E-state index contributed by atoms with van der Waals surface area (Å²) in [5.41, 5.74) is 1.62. The van der Waals surface area contributed by atoms with Gasteiger partial charge in [0.15, 0.2) is 5.96 Å². The third-order valence-corrected chi connectivity index (χ3v) is 5.06. The van der Waals surface area contributed by atoms with Crippen LogP contribution in [0.15, 0.2) is 69.6 Å². The monoisotopic (exact) mass is 396 g/mol. The molecule has 0 aliphatic rings. The number of rotatable bonds is 8. The molecule has 0 saturated carbocycles. The van der Waals surface area contributed by atoms with Crippen LogP contribution in [-0.4, -0.2) is 25.5 Å². The second-order valence-electron chi connectivity index (χ2n) is 6.14. The van der Waals surface area contributed by atoms with E-state index in [1.54, 1.807) is 36.8 Å². The molecule has 0 bridgehead atoms. The number of guanidine groups is 1. The average molecular weight is 397 g/mol. The number of carbonyl (C=O) groups excluding carboxylic acids is 1. The third-order valence-electron chi connectivity index (χ3n) is 4.12. The van der Waals surface area contributed by atoms with Crippen LogP contribution in [-0.2, 0) is 19.5 Å². The molecule has 0 fully saturated rings. The Bertz CT molecular complexity index is 889. The summed E-state index contributed by atoms with van der Waals surface area (Å²) in [7, 11) is 1.75. The predicted octanol–water partition coefficient (Wildman–Crippen LogP) is 3.18. The molecule has 0 radical (unpaired) electrons. The lowest BCUT2D eigenvalue weighted by Crippen LogP contribution is -2.37. The normalized spacial score (nSPS) is 11.2. The van der Waals surface area contributed by atoms with Crippen molar-refractivity contribution in [1.29, 1.82) is 0 Å². The van der Waals surface area contributed by atoms with Gasteiger partial charge in [0.25, 0.3) is 5.91 Å². The maximum Gasteiger partial charge on any atom is 0.251 e. The van der Waals surface area contributed by atoms with Gasteiger partial charge < -0.3 is 20.4 Å². The van der Waals surface area contributed by atoms with Gasteiger partial charge >= 0.3 is 0 Å². The Morgan fingerprint density at radius 2 is 2.00 bits per heavy atom. The van der Waals surface area contributed by atoms with E-state index in [1.165, 1.54) is 4.88 Å². The Labute approximate surface area is 168 Å². The van der Waals surface area contributed by atoms with Gasteiger partial charge in [-0.25, -0.2) is 0 Å². The van der Waals surface area contributed by atoms with Crippen LogP contribution in [0.3, 0.4) is 0 Å². The number of furan rings is 1. The number of hydrogen-bond acceptors (Lipinski definition) is 4. The summed E-state index contributed by atoms with van der Waals surface area (Å²) in [6.45, 7) is 1.77. The zero-order chi connectivity index (χ0) is 19.6. The molecule has 1 aromatic carbocycles. The molecule has 2 aromatic heterocycles. The molecule has 1 amide bonds. The minimum absolute atomic E-state index is 0.128. The first-order valence-corrected chi connectivity index (χ1v) is 9.99. The first kappa shape index (κ1) is 19.7. The number of hydrogen-bond donors (Lipinski definition) is 3. The van der Waals surface area contributed by atoms with Crippen molar-refractivity contribution in [2.45, 2.75) is 19.5 Å². The maximum absolute atomic E-state index is 12.3. The van der Waals surface area contributed by atoms with Gasteiger partial charge in [-0.2, -0.15) is 0 Å². The lowest BCUT2D eigenvalue weighted by Gasteiger charge is -2.12. The Morgan fingerprint density at radius 1 is 1.07 bits per heavy atom. The van der Waals surface area contributed by atoms with Crippen LogP contribution in [0.1, 0.15) is 26.6 Å². The lowest BCUT2D eigenvalue weighted by atomic mass is 10.1. The Kier molecular flexibility index (Phi) is 7.26. The van der Waals surface area contributed by atoms with Crippen molar-refractivity contribution in [2.75, 3.05) is 13.6 Å². The van der Waals surface area contributed by atoms with E-state index in [4.69, 9.17) is 4.42 Å². The summed E-state index contributed by atoms with van der Waals surface area (Å²) < 4.78 is 5.23. The molecule has 0 aliphatic carbocycles. The number of nitrogens with one attached hydrogen (secondary N) is 3. The van der Waals surface area contributed by atoms with Gasteiger partial charge in [-0.05, 0) is 47.7 Å². The van der Waals surface area contributed by atoms with Gasteiger partial charge in [-0.3, -0.25) is 9.79 Å². The molecular weight excluding hydrogens is 372 g/mol. The first-order valence-electron chi connectivity index (χ1n) is 9.11. The van der Waals surface area contributed by atoms with Crippen LogP contribution in [0.4, 0.5) is 0 Å². The smallest absolute Gasteiger partial charge is 0.251 e. The van der Waals surface area contributed by atoms with Gasteiger partial charge in [0.2, 0.25) is 0 Å². The lowest BCUT2D eigenvalue weighted by molar-refractivity contribution is 0.0948. The largest absolute Gasteiger partial charge is 0.467 e. The van der Waals surface area contributed by atoms with Crippen molar-refractivity contribution in [3.63, 3.8) is 0 Å². The van der Waals surface area contributed by atoms with E-state index in [0.717, 1.165) is 30.2 Å². The molecule has 0 aliphatic heterocycles. The molecule has 3 rings (SSSR count). The van der Waals surface area contributed by atoms with E-state index in [9.17, 15) is 4.79 Å². The molecule has 0 saturated heterocycles. The Balaban J connectivity index is 1.46. The quantitative estimate of drug-likeness (QED) is 0.404. The number of carbonyl (C=O) groups is 1. The third kappa shape index (κ3) is 5.99. The van der Waals surface area contributed by atoms with E-state index in [1.807, 2.05) is 24.3 Å². The van der Waals surface area contributed by atoms with Crippen LogP contribution < -0.4 is 16.0 Å². The second-order valence-corrected chi connectivity index (χ2v) is 7.18. The molecule has 0 spiro atoms. The van der Waals surface area contributed by atoms with E-state index in [0.29, 0.717) is 18.7 Å². The number of thiophene rings is 1. The number of amides is 1. The highest BCUT2D eigenvalue weighted by molar-refractivity contribution is 7.09. The number of aliphatic imine (C=N–C) groups is 1. The van der Waals surface area contributed by atoms with E-state index in [2.05, 4.69) is 38.5 Å². The molecule has 3 aromatic rings. The number of nitrogens with zero attached hydrogens (tertiary/aromatic N) is 1. The van der Waals surface area contributed by atoms with Crippen LogP contribution in [0, 0.1) is 0 Å². The fraction of sp³-hybridized carbons (Fsp3) is 0.238. The van der Waals surface area contributed by atoms with E-state index >= 15 is 0 Å². The summed E-state index contributed by atoms with van der Waals surface area (Å²) in [6, 6.07) is 15.4. The molecule has 28 heavy (non-hydrogen) atoms. The highest BCUT2D eigenvalue weighted by Crippen LogP contribution is 2.08. The standard InChI is InChI=1S/C21H24N4O2S/c1-22-21(23-10-9-19-8-4-12-28-19)25-14-16-5-2-6-17(13-16)20(26)24-15-18-7-3-11-27-18/h2-8,11-13H,9-10,14-15H2,1H3,(H,24,26)(H2,22,23,25). The summed E-state index contributed by atoms with van der Waals surface area (Å²) in [5, 5.41) is 11.5. The second kappa shape index (κ2) is 10.3. The van der Waals surface area contributed by atoms with Crippen molar-refractivity contribution >= 4 is 23.2 Å². The minimum atomic E-state index is -0.128. The van der Waals surface area contributed by atoms with Gasteiger partial charge in [0, 0.05) is 30.6 Å². The molecule has 6 nitrogen and oxygen atoms in total. The van der Waals surface area contributed by atoms with Crippen LogP contribution in [0.2, 0.25) is 0 Å². The van der Waals surface area contributed by atoms with Crippen molar-refractivity contribution in [3.8, 4) is 0 Å². The zero-order valence-electron chi connectivity index (χ0n) is 15.8. The van der Waals surface area contributed by atoms with Crippen LogP contribution in [0.5, 0.6) is 0 Å². The molecule has 2 heterocycles. The fourth-order valence-electron chi connectivity index (χ4n) is 2.67. The summed E-state index contributed by atoms with van der Waals surface area (Å²) >= 11 is 1.76. The zero-order valence-corrected chi connectivity index (χ0v) is 16.6. The highest BCUT2D eigenvalue weighted by atomic mass is 32.1. The number of benzene rings is 1. The molecule has 3 N–H and O–H groups in total. The maximum atomic E-state index is 12.3. The molecular formula is C21H24N4O2S. The Morgan fingerprint density at radius 3 is 2.75 bits per heavy atom. The molecule has 146 valence electrons. The van der Waals surface area contributed by atoms with E-state index in [-0.39, 0.29) is 5.91 Å². The predicted molar refractivity (Wildman–Crippen MR) is 113 cm³/mol.